The Morgan fingerprint density at radius 3 is 2.04 bits per heavy atom. The number of carbonyl (C=O) groups excluding carboxylic acids is 1. The predicted molar refractivity (Wildman–Crippen MR) is 108 cm³/mol. The molecule has 0 fully saturated rings. The molecule has 25 heavy (non-hydrogen) atoms. The molecule has 0 saturated carbocycles. The molecule has 1 N–H and O–H groups in total. The minimum absolute atomic E-state index is 0.0529. The van der Waals surface area contributed by atoms with Crippen LogP contribution < -0.4 is 10.1 Å². The Balaban J connectivity index is 2.01. The minimum atomic E-state index is 0.0529. The third-order valence-electron chi connectivity index (χ3n) is 4.44. The average Bonchev–Trinajstić information content (AvgIpc) is 2.60. The van der Waals surface area contributed by atoms with Gasteiger partial charge in [-0.3, -0.25) is 4.79 Å². The lowest BCUT2D eigenvalue weighted by atomic mass is 10.1. The van der Waals surface area contributed by atoms with Crippen LogP contribution in [0.15, 0.2) is 18.2 Å². The third-order valence-corrected chi connectivity index (χ3v) is 4.74. The highest BCUT2D eigenvalue weighted by Crippen LogP contribution is 2.27. The summed E-state index contributed by atoms with van der Waals surface area (Å²) in [6.45, 7) is 2.26. The monoisotopic (exact) mass is 367 g/mol. The van der Waals surface area contributed by atoms with Gasteiger partial charge in [-0.15, -0.1) is 0 Å². The molecule has 0 aliphatic rings. The fourth-order valence-corrected chi connectivity index (χ4v) is 3.18. The molecular weight excluding hydrogens is 334 g/mol. The molecule has 0 radical (unpaired) electrons. The van der Waals surface area contributed by atoms with Gasteiger partial charge in [0.2, 0.25) is 5.91 Å². The Bertz CT molecular complexity index is 491. The van der Waals surface area contributed by atoms with E-state index in [0.29, 0.717) is 17.2 Å². The number of carbonyl (C=O) groups is 1. The van der Waals surface area contributed by atoms with Gasteiger partial charge in [0.05, 0.1) is 12.1 Å². The van der Waals surface area contributed by atoms with Crippen LogP contribution in [0.1, 0.15) is 84.0 Å². The van der Waals surface area contributed by atoms with Crippen molar-refractivity contribution in [3.8, 4) is 5.75 Å². The van der Waals surface area contributed by atoms with E-state index < -0.39 is 0 Å². The third kappa shape index (κ3) is 10.4. The van der Waals surface area contributed by atoms with E-state index in [1.807, 2.05) is 6.07 Å². The molecule has 0 atom stereocenters. The highest BCUT2D eigenvalue weighted by Gasteiger charge is 2.05. The number of benzene rings is 1. The van der Waals surface area contributed by atoms with E-state index in [9.17, 15) is 4.79 Å². The molecule has 0 saturated heterocycles. The molecule has 1 amide bonds. The van der Waals surface area contributed by atoms with Crippen molar-refractivity contribution in [1.82, 2.24) is 0 Å². The molecule has 0 bridgehead atoms. The van der Waals surface area contributed by atoms with E-state index in [1.165, 1.54) is 57.8 Å². The van der Waals surface area contributed by atoms with Crippen molar-refractivity contribution < 1.29 is 9.53 Å². The fraction of sp³-hybridized carbons (Fsp3) is 0.667. The number of hydrogen-bond donors (Lipinski definition) is 1. The average molecular weight is 368 g/mol. The fourth-order valence-electron chi connectivity index (χ4n) is 2.92. The lowest BCUT2D eigenvalue weighted by molar-refractivity contribution is -0.116. The lowest BCUT2D eigenvalue weighted by Gasteiger charge is -2.08. The summed E-state index contributed by atoms with van der Waals surface area (Å²) >= 11 is 6.06. The molecule has 142 valence electrons. The molecular formula is C21H34ClNO2. The Labute approximate surface area is 158 Å². The molecule has 3 nitrogen and oxygen atoms in total. The van der Waals surface area contributed by atoms with E-state index in [-0.39, 0.29) is 5.91 Å². The van der Waals surface area contributed by atoms with E-state index >= 15 is 0 Å². The van der Waals surface area contributed by atoms with Crippen LogP contribution in [-0.4, -0.2) is 13.0 Å². The van der Waals surface area contributed by atoms with Crippen LogP contribution in [0.5, 0.6) is 5.75 Å². The first-order chi connectivity index (χ1) is 12.2. The van der Waals surface area contributed by atoms with Crippen LogP contribution in [0.25, 0.3) is 0 Å². The predicted octanol–water partition coefficient (Wildman–Crippen LogP) is 6.99. The smallest absolute Gasteiger partial charge is 0.224 e. The number of ether oxygens (including phenoxy) is 1. The molecule has 0 aromatic heterocycles. The number of hydrogen-bond acceptors (Lipinski definition) is 2. The second-order valence-electron chi connectivity index (χ2n) is 6.68. The van der Waals surface area contributed by atoms with Crippen LogP contribution in [0.3, 0.4) is 0 Å². The van der Waals surface area contributed by atoms with Crippen molar-refractivity contribution in [2.75, 3.05) is 12.4 Å². The summed E-state index contributed by atoms with van der Waals surface area (Å²) in [5.41, 5.74) is 0.721. The molecule has 0 aliphatic heterocycles. The van der Waals surface area contributed by atoms with Gasteiger partial charge in [-0.1, -0.05) is 82.7 Å². The number of anilines is 1. The van der Waals surface area contributed by atoms with Crippen molar-refractivity contribution in [1.29, 1.82) is 0 Å². The van der Waals surface area contributed by atoms with E-state index in [0.717, 1.165) is 18.5 Å². The zero-order valence-electron chi connectivity index (χ0n) is 15.9. The second-order valence-corrected chi connectivity index (χ2v) is 7.09. The quantitative estimate of drug-likeness (QED) is 0.360. The Kier molecular flexibility index (Phi) is 12.2. The maximum Gasteiger partial charge on any atom is 0.224 e. The van der Waals surface area contributed by atoms with Crippen molar-refractivity contribution in [3.05, 3.63) is 23.2 Å². The number of halogens is 1. The Hall–Kier alpha value is -1.22. The van der Waals surface area contributed by atoms with Gasteiger partial charge in [-0.2, -0.15) is 0 Å². The summed E-state index contributed by atoms with van der Waals surface area (Å²) in [5.74, 6) is 0.669. The van der Waals surface area contributed by atoms with Crippen molar-refractivity contribution in [2.24, 2.45) is 0 Å². The SMILES string of the molecule is CCCCCCCCCCCCCC(=O)Nc1ccc(OC)c(Cl)c1. The first kappa shape index (κ1) is 21.8. The van der Waals surface area contributed by atoms with Gasteiger partial charge in [0.1, 0.15) is 5.75 Å². The van der Waals surface area contributed by atoms with Gasteiger partial charge in [0.15, 0.2) is 0 Å². The van der Waals surface area contributed by atoms with Crippen molar-refractivity contribution >= 4 is 23.2 Å². The van der Waals surface area contributed by atoms with Gasteiger partial charge in [0, 0.05) is 12.1 Å². The summed E-state index contributed by atoms with van der Waals surface area (Å²) in [4.78, 5) is 12.0. The maximum absolute atomic E-state index is 12.0. The summed E-state index contributed by atoms with van der Waals surface area (Å²) in [6, 6.07) is 5.29. The van der Waals surface area contributed by atoms with Crippen molar-refractivity contribution in [3.63, 3.8) is 0 Å². The normalized spacial score (nSPS) is 10.7. The molecule has 1 rings (SSSR count). The Morgan fingerprint density at radius 2 is 1.52 bits per heavy atom. The highest BCUT2D eigenvalue weighted by atomic mass is 35.5. The molecule has 0 spiro atoms. The molecule has 0 unspecified atom stereocenters. The summed E-state index contributed by atoms with van der Waals surface area (Å²) < 4.78 is 5.10. The lowest BCUT2D eigenvalue weighted by Crippen LogP contribution is -2.11. The topological polar surface area (TPSA) is 38.3 Å². The number of nitrogens with one attached hydrogen (secondary N) is 1. The van der Waals surface area contributed by atoms with E-state index in [2.05, 4.69) is 12.2 Å². The van der Waals surface area contributed by atoms with Gasteiger partial charge < -0.3 is 10.1 Å². The number of unbranched alkanes of at least 4 members (excludes halogenated alkanes) is 10. The molecule has 0 heterocycles. The molecule has 1 aromatic rings. The molecule has 1 aromatic carbocycles. The number of amides is 1. The first-order valence-corrected chi connectivity index (χ1v) is 10.2. The summed E-state index contributed by atoms with van der Waals surface area (Å²) in [6.07, 6.45) is 14.7. The Morgan fingerprint density at radius 1 is 0.960 bits per heavy atom. The number of rotatable bonds is 14. The van der Waals surface area contributed by atoms with Gasteiger partial charge >= 0.3 is 0 Å². The van der Waals surface area contributed by atoms with Crippen LogP contribution in [0, 0.1) is 0 Å². The molecule has 4 heteroatoms. The largest absolute Gasteiger partial charge is 0.495 e. The first-order valence-electron chi connectivity index (χ1n) is 9.80. The van der Waals surface area contributed by atoms with Crippen LogP contribution >= 0.6 is 11.6 Å². The maximum atomic E-state index is 12.0. The zero-order chi connectivity index (χ0) is 18.3. The highest BCUT2D eigenvalue weighted by molar-refractivity contribution is 6.32. The second kappa shape index (κ2) is 14.0. The summed E-state index contributed by atoms with van der Waals surface area (Å²) in [5, 5.41) is 3.40. The van der Waals surface area contributed by atoms with Gasteiger partial charge in [-0.25, -0.2) is 0 Å². The van der Waals surface area contributed by atoms with Crippen LogP contribution in [0.4, 0.5) is 5.69 Å². The van der Waals surface area contributed by atoms with E-state index in [4.69, 9.17) is 16.3 Å². The van der Waals surface area contributed by atoms with E-state index in [1.54, 1.807) is 19.2 Å². The van der Waals surface area contributed by atoms with Gasteiger partial charge in [0.25, 0.3) is 0 Å². The van der Waals surface area contributed by atoms with Crippen LogP contribution in [0.2, 0.25) is 5.02 Å². The number of methoxy groups -OCH3 is 1. The standard InChI is InChI=1S/C21H34ClNO2/c1-3-4-5-6-7-8-9-10-11-12-13-14-21(24)23-18-15-16-20(25-2)19(22)17-18/h15-17H,3-14H2,1-2H3,(H,23,24). The van der Waals surface area contributed by atoms with Crippen LogP contribution in [-0.2, 0) is 4.79 Å². The summed E-state index contributed by atoms with van der Waals surface area (Å²) in [7, 11) is 1.58. The minimum Gasteiger partial charge on any atom is -0.495 e. The van der Waals surface area contributed by atoms with Gasteiger partial charge in [-0.05, 0) is 24.6 Å². The van der Waals surface area contributed by atoms with Crippen molar-refractivity contribution in [2.45, 2.75) is 84.0 Å². The zero-order valence-corrected chi connectivity index (χ0v) is 16.7. The molecule has 0 aliphatic carbocycles.